The summed E-state index contributed by atoms with van der Waals surface area (Å²) in [5, 5.41) is 0.574. The molecule has 1 amide bonds. The van der Waals surface area contributed by atoms with Crippen molar-refractivity contribution in [3.8, 4) is 0 Å². The molecule has 0 saturated heterocycles. The monoisotopic (exact) mass is 450 g/mol. The van der Waals surface area contributed by atoms with Crippen LogP contribution in [0.2, 0.25) is 0 Å². The van der Waals surface area contributed by atoms with Gasteiger partial charge in [-0.2, -0.15) is 0 Å². The van der Waals surface area contributed by atoms with Gasteiger partial charge in [-0.05, 0) is 19.1 Å². The number of halogens is 1. The van der Waals surface area contributed by atoms with Crippen LogP contribution in [0, 0.1) is 19.3 Å². The van der Waals surface area contributed by atoms with Crippen LogP contribution in [0.25, 0.3) is 15.1 Å². The van der Waals surface area contributed by atoms with Crippen LogP contribution in [0.1, 0.15) is 58.4 Å². The number of nitrogens with zero attached hydrogens (tertiary/aromatic N) is 5. The molecule has 1 aliphatic heterocycles. The fourth-order valence-corrected chi connectivity index (χ4v) is 4.93. The number of benzene rings is 1. The molecule has 1 aromatic carbocycles. The molecule has 0 bridgehead atoms. The summed E-state index contributed by atoms with van der Waals surface area (Å²) in [6, 6.07) is 4.23. The summed E-state index contributed by atoms with van der Waals surface area (Å²) < 4.78 is 20.8. The third kappa shape index (κ3) is 3.08. The Balaban J connectivity index is 1.61. The van der Waals surface area contributed by atoms with Crippen LogP contribution in [-0.2, 0) is 12.0 Å². The number of carbonyl (C=O) groups excluding carboxylic acids is 1. The number of aromatic amines is 1. The molecule has 1 N–H and O–H groups in total. The molecule has 3 aromatic heterocycles. The molecule has 8 nitrogen and oxygen atoms in total. The summed E-state index contributed by atoms with van der Waals surface area (Å²) in [5.74, 6) is -0.476. The highest BCUT2D eigenvalue weighted by Crippen LogP contribution is 2.39. The predicted octanol–water partition coefficient (Wildman–Crippen LogP) is 4.40. The Bertz CT molecular complexity index is 1400. The molecule has 32 heavy (non-hydrogen) atoms. The van der Waals surface area contributed by atoms with E-state index in [1.807, 2.05) is 0 Å². The Hall–Kier alpha value is -3.58. The fraction of sp³-hybridized carbons (Fsp3) is 0.318. The van der Waals surface area contributed by atoms with Crippen molar-refractivity contribution in [3.05, 3.63) is 75.5 Å². The Morgan fingerprint density at radius 3 is 2.97 bits per heavy atom. The van der Waals surface area contributed by atoms with E-state index < -0.39 is 17.4 Å². The second-order valence-electron chi connectivity index (χ2n) is 8.16. The van der Waals surface area contributed by atoms with Crippen LogP contribution in [0.3, 0.4) is 0 Å². The van der Waals surface area contributed by atoms with E-state index in [1.54, 1.807) is 44.1 Å². The highest BCUT2D eigenvalue weighted by atomic mass is 32.1. The SMILES string of the molecule is [C-]#[N+]C(C)(C)c1nc(C)c(C(=O)N2CCc3[nH]cnc3[C@H]2c2nc3c(F)cccc3s2)o1. The van der Waals surface area contributed by atoms with E-state index in [9.17, 15) is 9.18 Å². The van der Waals surface area contributed by atoms with Crippen LogP contribution in [0.4, 0.5) is 4.39 Å². The minimum Gasteiger partial charge on any atom is -0.428 e. The molecule has 0 aliphatic carbocycles. The Kier molecular flexibility index (Phi) is 4.60. The van der Waals surface area contributed by atoms with E-state index in [0.717, 1.165) is 5.69 Å². The van der Waals surface area contributed by atoms with E-state index in [2.05, 4.69) is 24.8 Å². The van der Waals surface area contributed by atoms with Gasteiger partial charge in [0, 0.05) is 32.5 Å². The molecule has 10 heteroatoms. The van der Waals surface area contributed by atoms with Crippen molar-refractivity contribution >= 4 is 27.5 Å². The van der Waals surface area contributed by atoms with E-state index in [0.29, 0.717) is 34.1 Å². The van der Waals surface area contributed by atoms with E-state index in [4.69, 9.17) is 11.0 Å². The second-order valence-corrected chi connectivity index (χ2v) is 9.22. The molecule has 4 heterocycles. The van der Waals surface area contributed by atoms with Crippen molar-refractivity contribution in [1.82, 2.24) is 24.8 Å². The summed E-state index contributed by atoms with van der Waals surface area (Å²) in [7, 11) is 0. The number of oxazole rings is 1. The zero-order chi connectivity index (χ0) is 22.6. The molecular weight excluding hydrogens is 431 g/mol. The molecule has 0 spiro atoms. The van der Waals surface area contributed by atoms with Gasteiger partial charge in [0.2, 0.25) is 5.76 Å². The van der Waals surface area contributed by atoms with Gasteiger partial charge >= 0.3 is 5.54 Å². The van der Waals surface area contributed by atoms with Gasteiger partial charge in [-0.3, -0.25) is 4.79 Å². The normalized spacial score (nSPS) is 16.2. The van der Waals surface area contributed by atoms with Crippen LogP contribution >= 0.6 is 11.3 Å². The van der Waals surface area contributed by atoms with Crippen molar-refractivity contribution < 1.29 is 13.6 Å². The van der Waals surface area contributed by atoms with Gasteiger partial charge in [-0.15, -0.1) is 11.3 Å². The summed E-state index contributed by atoms with van der Waals surface area (Å²) in [6.07, 6.45) is 2.18. The summed E-state index contributed by atoms with van der Waals surface area (Å²) >= 11 is 1.33. The van der Waals surface area contributed by atoms with Crippen LogP contribution in [0.15, 0.2) is 28.9 Å². The Labute approximate surface area is 186 Å². The van der Waals surface area contributed by atoms with Crippen LogP contribution in [0.5, 0.6) is 0 Å². The molecule has 162 valence electrons. The van der Waals surface area contributed by atoms with Gasteiger partial charge in [0.15, 0.2) is 0 Å². The van der Waals surface area contributed by atoms with E-state index >= 15 is 0 Å². The third-order valence-corrected chi connectivity index (χ3v) is 6.67. The average Bonchev–Trinajstić information content (AvgIpc) is 3.50. The number of thiazole rings is 1. The summed E-state index contributed by atoms with van der Waals surface area (Å²) in [5.41, 5.74) is 1.32. The zero-order valence-corrected chi connectivity index (χ0v) is 18.5. The van der Waals surface area contributed by atoms with Crippen molar-refractivity contribution in [1.29, 1.82) is 0 Å². The first-order valence-corrected chi connectivity index (χ1v) is 10.9. The topological polar surface area (TPSA) is 92.3 Å². The Morgan fingerprint density at radius 1 is 1.41 bits per heavy atom. The molecule has 0 unspecified atom stereocenters. The number of aryl methyl sites for hydroxylation is 1. The molecule has 0 fully saturated rings. The van der Waals surface area contributed by atoms with Crippen molar-refractivity contribution in [2.45, 2.75) is 38.8 Å². The van der Waals surface area contributed by atoms with Gasteiger partial charge < -0.3 is 19.1 Å². The first-order valence-electron chi connectivity index (χ1n) is 10.0. The largest absolute Gasteiger partial charge is 0.428 e. The quantitative estimate of drug-likeness (QED) is 0.467. The first kappa shape index (κ1) is 20.3. The maximum absolute atomic E-state index is 14.3. The molecular formula is C22H19FN6O2S. The minimum absolute atomic E-state index is 0.0907. The Morgan fingerprint density at radius 2 is 2.22 bits per heavy atom. The van der Waals surface area contributed by atoms with E-state index in [1.165, 1.54) is 17.4 Å². The number of rotatable bonds is 3. The molecule has 0 saturated carbocycles. The molecule has 0 radical (unpaired) electrons. The third-order valence-electron chi connectivity index (χ3n) is 5.60. The second kappa shape index (κ2) is 7.24. The van der Waals surface area contributed by atoms with Gasteiger partial charge in [0.25, 0.3) is 11.8 Å². The predicted molar refractivity (Wildman–Crippen MR) is 116 cm³/mol. The lowest BCUT2D eigenvalue weighted by Gasteiger charge is -2.33. The highest BCUT2D eigenvalue weighted by molar-refractivity contribution is 7.18. The molecule has 1 aliphatic rings. The summed E-state index contributed by atoms with van der Waals surface area (Å²) in [6.45, 7) is 12.9. The number of nitrogens with one attached hydrogen (secondary N) is 1. The van der Waals surface area contributed by atoms with Crippen molar-refractivity contribution in [2.24, 2.45) is 0 Å². The highest BCUT2D eigenvalue weighted by Gasteiger charge is 2.40. The van der Waals surface area contributed by atoms with Crippen LogP contribution in [-0.4, -0.2) is 37.3 Å². The number of para-hydroxylation sites is 1. The smallest absolute Gasteiger partial charge is 0.301 e. The lowest BCUT2D eigenvalue weighted by Crippen LogP contribution is -2.40. The maximum atomic E-state index is 14.3. The maximum Gasteiger partial charge on any atom is 0.301 e. The van der Waals surface area contributed by atoms with Gasteiger partial charge in [0.05, 0.1) is 22.4 Å². The van der Waals surface area contributed by atoms with Gasteiger partial charge in [0.1, 0.15) is 22.4 Å². The van der Waals surface area contributed by atoms with Crippen LogP contribution < -0.4 is 0 Å². The number of hydrogen-bond acceptors (Lipinski definition) is 6. The first-order chi connectivity index (χ1) is 15.3. The molecule has 4 aromatic rings. The standard InChI is InChI=1S/C22H19FN6O2S/c1-11-18(31-21(27-11)22(2,3)24-4)20(30)29-9-8-13-16(26-10-25-13)17(29)19-28-15-12(23)6-5-7-14(15)32-19/h5-7,10,17H,8-9H2,1-3H3,(H,25,26)/t17-/m0/s1. The molecule has 5 rings (SSSR count). The number of aromatic nitrogens is 4. The van der Waals surface area contributed by atoms with E-state index in [-0.39, 0.29) is 23.1 Å². The lowest BCUT2D eigenvalue weighted by atomic mass is 10.0. The number of amides is 1. The lowest BCUT2D eigenvalue weighted by molar-refractivity contribution is 0.0653. The summed E-state index contributed by atoms with van der Waals surface area (Å²) in [4.78, 5) is 35.3. The van der Waals surface area contributed by atoms with Gasteiger partial charge in [-0.25, -0.2) is 25.9 Å². The van der Waals surface area contributed by atoms with Gasteiger partial charge in [-0.1, -0.05) is 6.07 Å². The number of fused-ring (bicyclic) bond motifs is 2. The fourth-order valence-electron chi connectivity index (χ4n) is 3.83. The number of hydrogen-bond donors (Lipinski definition) is 1. The number of H-pyrrole nitrogens is 1. The number of imidazole rings is 1. The average molecular weight is 450 g/mol. The van der Waals surface area contributed by atoms with Crippen molar-refractivity contribution in [2.75, 3.05) is 6.54 Å². The number of carbonyl (C=O) groups is 1. The zero-order valence-electron chi connectivity index (χ0n) is 17.6. The minimum atomic E-state index is -0.982. The van der Waals surface area contributed by atoms with Crippen molar-refractivity contribution in [3.63, 3.8) is 0 Å². The molecule has 1 atom stereocenters.